The molecule has 0 aliphatic carbocycles. The van der Waals surface area contributed by atoms with Crippen molar-refractivity contribution in [2.24, 2.45) is 0 Å². The van der Waals surface area contributed by atoms with Crippen LogP contribution in [0.4, 0.5) is 5.69 Å². The Labute approximate surface area is 153 Å². The maximum absolute atomic E-state index is 12.1. The highest BCUT2D eigenvalue weighted by Gasteiger charge is 2.08. The number of nitrogens with one attached hydrogen (secondary N) is 1. The number of hydrogen-bond donors (Lipinski definition) is 1. The van der Waals surface area contributed by atoms with E-state index in [1.54, 1.807) is 6.07 Å². The van der Waals surface area contributed by atoms with Gasteiger partial charge in [-0.2, -0.15) is 4.98 Å². The molecule has 1 N–H and O–H groups in total. The highest BCUT2D eigenvalue weighted by atomic mass is 16.5. The number of aromatic nitrogens is 2. The molecule has 0 aliphatic heterocycles. The van der Waals surface area contributed by atoms with E-state index >= 15 is 0 Å². The first-order chi connectivity index (χ1) is 12.5. The Balaban J connectivity index is 1.66. The van der Waals surface area contributed by atoms with Crippen LogP contribution < -0.4 is 10.1 Å². The lowest BCUT2D eigenvalue weighted by Gasteiger charge is -2.09. The van der Waals surface area contributed by atoms with Crippen molar-refractivity contribution in [1.29, 1.82) is 0 Å². The number of hydrogen-bond acceptors (Lipinski definition) is 4. The van der Waals surface area contributed by atoms with Crippen LogP contribution in [-0.4, -0.2) is 22.5 Å². The molecule has 1 amide bonds. The van der Waals surface area contributed by atoms with Crippen molar-refractivity contribution >= 4 is 11.6 Å². The van der Waals surface area contributed by atoms with Crippen LogP contribution >= 0.6 is 0 Å². The molecule has 0 spiro atoms. The molecule has 2 aromatic carbocycles. The third kappa shape index (κ3) is 4.66. The Morgan fingerprint density at radius 1 is 0.923 bits per heavy atom. The van der Waals surface area contributed by atoms with Crippen molar-refractivity contribution in [1.82, 2.24) is 9.97 Å². The zero-order valence-electron chi connectivity index (χ0n) is 15.1. The summed E-state index contributed by atoms with van der Waals surface area (Å²) >= 11 is 0. The Morgan fingerprint density at radius 2 is 1.54 bits per heavy atom. The summed E-state index contributed by atoms with van der Waals surface area (Å²) in [5.41, 5.74) is 4.74. The predicted octanol–water partition coefficient (Wildman–Crippen LogP) is 4.09. The SMILES string of the molecule is Cc1ccc(NC(=O)COc2cc(C)nc(-c3ccc(C)cc3)n2)cc1. The van der Waals surface area contributed by atoms with Gasteiger partial charge in [0.15, 0.2) is 12.4 Å². The summed E-state index contributed by atoms with van der Waals surface area (Å²) in [6.45, 7) is 5.79. The fourth-order valence-corrected chi connectivity index (χ4v) is 2.42. The van der Waals surface area contributed by atoms with E-state index in [1.807, 2.05) is 69.3 Å². The zero-order chi connectivity index (χ0) is 18.5. The summed E-state index contributed by atoms with van der Waals surface area (Å²) in [5, 5.41) is 2.80. The average Bonchev–Trinajstić information content (AvgIpc) is 2.62. The Morgan fingerprint density at radius 3 is 2.19 bits per heavy atom. The van der Waals surface area contributed by atoms with Gasteiger partial charge in [0.25, 0.3) is 5.91 Å². The summed E-state index contributed by atoms with van der Waals surface area (Å²) in [6.07, 6.45) is 0. The van der Waals surface area contributed by atoms with Crippen LogP contribution in [0.2, 0.25) is 0 Å². The van der Waals surface area contributed by atoms with E-state index in [1.165, 1.54) is 5.56 Å². The topological polar surface area (TPSA) is 64.1 Å². The molecule has 0 aliphatic rings. The van der Waals surface area contributed by atoms with E-state index in [0.29, 0.717) is 11.7 Å². The number of rotatable bonds is 5. The minimum absolute atomic E-state index is 0.113. The molecule has 0 bridgehead atoms. The van der Waals surface area contributed by atoms with Crippen molar-refractivity contribution < 1.29 is 9.53 Å². The van der Waals surface area contributed by atoms with Gasteiger partial charge in [-0.05, 0) is 32.9 Å². The van der Waals surface area contributed by atoms with Crippen LogP contribution in [0.1, 0.15) is 16.8 Å². The molecule has 26 heavy (non-hydrogen) atoms. The first kappa shape index (κ1) is 17.6. The van der Waals surface area contributed by atoms with Gasteiger partial charge in [0.1, 0.15) is 0 Å². The number of aryl methyl sites for hydroxylation is 3. The molecule has 3 rings (SSSR count). The lowest BCUT2D eigenvalue weighted by molar-refractivity contribution is -0.118. The van der Waals surface area contributed by atoms with Crippen LogP contribution in [0, 0.1) is 20.8 Å². The second-order valence-electron chi connectivity index (χ2n) is 6.24. The van der Waals surface area contributed by atoms with Crippen molar-refractivity contribution in [3.05, 3.63) is 71.4 Å². The number of carbonyl (C=O) groups excluding carboxylic acids is 1. The molecule has 1 aromatic heterocycles. The molecule has 5 nitrogen and oxygen atoms in total. The second kappa shape index (κ2) is 7.78. The van der Waals surface area contributed by atoms with E-state index < -0.39 is 0 Å². The number of ether oxygens (including phenoxy) is 1. The predicted molar refractivity (Wildman–Crippen MR) is 102 cm³/mol. The normalized spacial score (nSPS) is 10.4. The standard InChI is InChI=1S/C21H21N3O2/c1-14-4-8-17(9-5-14)21-22-16(3)12-20(24-21)26-13-19(25)23-18-10-6-15(2)7-11-18/h4-12H,13H2,1-3H3,(H,23,25). The summed E-state index contributed by atoms with van der Waals surface area (Å²) in [4.78, 5) is 20.9. The quantitative estimate of drug-likeness (QED) is 0.755. The molecule has 0 radical (unpaired) electrons. The van der Waals surface area contributed by atoms with E-state index in [0.717, 1.165) is 22.5 Å². The molecule has 132 valence electrons. The van der Waals surface area contributed by atoms with Gasteiger partial charge in [-0.1, -0.05) is 47.5 Å². The van der Waals surface area contributed by atoms with Gasteiger partial charge in [0, 0.05) is 23.0 Å². The number of carbonyl (C=O) groups is 1. The fraction of sp³-hybridized carbons (Fsp3) is 0.190. The molecule has 5 heteroatoms. The van der Waals surface area contributed by atoms with E-state index in [2.05, 4.69) is 15.3 Å². The third-order valence-electron chi connectivity index (χ3n) is 3.83. The first-order valence-electron chi connectivity index (χ1n) is 8.41. The smallest absolute Gasteiger partial charge is 0.262 e. The van der Waals surface area contributed by atoms with E-state index in [4.69, 9.17) is 4.74 Å². The molecule has 0 unspecified atom stereocenters. The third-order valence-corrected chi connectivity index (χ3v) is 3.83. The molecule has 0 saturated carbocycles. The monoisotopic (exact) mass is 347 g/mol. The van der Waals surface area contributed by atoms with Gasteiger partial charge in [-0.3, -0.25) is 4.79 Å². The highest BCUT2D eigenvalue weighted by Crippen LogP contribution is 2.19. The van der Waals surface area contributed by atoms with Crippen molar-refractivity contribution in [3.8, 4) is 17.3 Å². The first-order valence-corrected chi connectivity index (χ1v) is 8.41. The van der Waals surface area contributed by atoms with Gasteiger partial charge in [-0.15, -0.1) is 0 Å². The maximum atomic E-state index is 12.1. The minimum atomic E-state index is -0.234. The van der Waals surface area contributed by atoms with Gasteiger partial charge < -0.3 is 10.1 Å². The molecule has 1 heterocycles. The Bertz CT molecular complexity index is 904. The van der Waals surface area contributed by atoms with Crippen LogP contribution in [0.3, 0.4) is 0 Å². The zero-order valence-corrected chi connectivity index (χ0v) is 15.1. The average molecular weight is 347 g/mol. The second-order valence-corrected chi connectivity index (χ2v) is 6.24. The van der Waals surface area contributed by atoms with Crippen LogP contribution in [-0.2, 0) is 4.79 Å². The number of benzene rings is 2. The van der Waals surface area contributed by atoms with E-state index in [-0.39, 0.29) is 12.5 Å². The van der Waals surface area contributed by atoms with Crippen molar-refractivity contribution in [2.45, 2.75) is 20.8 Å². The largest absolute Gasteiger partial charge is 0.467 e. The molecule has 3 aromatic rings. The maximum Gasteiger partial charge on any atom is 0.262 e. The van der Waals surface area contributed by atoms with Crippen LogP contribution in [0.5, 0.6) is 5.88 Å². The molecule has 0 atom stereocenters. The number of anilines is 1. The Kier molecular flexibility index (Phi) is 5.27. The van der Waals surface area contributed by atoms with E-state index in [9.17, 15) is 4.79 Å². The van der Waals surface area contributed by atoms with Gasteiger partial charge in [0.05, 0.1) is 0 Å². The number of nitrogens with zero attached hydrogens (tertiary/aromatic N) is 2. The van der Waals surface area contributed by atoms with Gasteiger partial charge in [0.2, 0.25) is 5.88 Å². The van der Waals surface area contributed by atoms with Crippen LogP contribution in [0.25, 0.3) is 11.4 Å². The summed E-state index contributed by atoms with van der Waals surface area (Å²) < 4.78 is 5.57. The van der Waals surface area contributed by atoms with Crippen LogP contribution in [0.15, 0.2) is 54.6 Å². The molecule has 0 fully saturated rings. The summed E-state index contributed by atoms with van der Waals surface area (Å²) in [5.74, 6) is 0.730. The minimum Gasteiger partial charge on any atom is -0.467 e. The fourth-order valence-electron chi connectivity index (χ4n) is 2.42. The van der Waals surface area contributed by atoms with Crippen molar-refractivity contribution in [3.63, 3.8) is 0 Å². The van der Waals surface area contributed by atoms with Gasteiger partial charge >= 0.3 is 0 Å². The summed E-state index contributed by atoms with van der Waals surface area (Å²) in [7, 11) is 0. The molecule has 0 saturated heterocycles. The highest BCUT2D eigenvalue weighted by molar-refractivity contribution is 5.91. The van der Waals surface area contributed by atoms with Crippen molar-refractivity contribution in [2.75, 3.05) is 11.9 Å². The summed E-state index contributed by atoms with van der Waals surface area (Å²) in [6, 6.07) is 17.3. The lowest BCUT2D eigenvalue weighted by Crippen LogP contribution is -2.20. The lowest BCUT2D eigenvalue weighted by atomic mass is 10.1. The molecular formula is C21H21N3O2. The molecular weight excluding hydrogens is 326 g/mol. The van der Waals surface area contributed by atoms with Gasteiger partial charge in [-0.25, -0.2) is 4.98 Å². The Hall–Kier alpha value is -3.21. The number of amides is 1.